The summed E-state index contributed by atoms with van der Waals surface area (Å²) < 4.78 is 0. The fourth-order valence-electron chi connectivity index (χ4n) is 2.28. The Morgan fingerprint density at radius 1 is 1.41 bits per heavy atom. The molecule has 0 radical (unpaired) electrons. The molecule has 4 heteroatoms. The molecule has 1 amide bonds. The van der Waals surface area contributed by atoms with E-state index in [0.29, 0.717) is 17.4 Å². The number of nitrogens with one attached hydrogen (secondary N) is 1. The Bertz CT molecular complexity index is 397. The maximum absolute atomic E-state index is 12.0. The van der Waals surface area contributed by atoms with Crippen molar-refractivity contribution in [1.82, 2.24) is 10.3 Å². The first-order chi connectivity index (χ1) is 8.16. The number of nitrogens with two attached hydrogens (primary N) is 1. The highest BCUT2D eigenvalue weighted by Crippen LogP contribution is 2.23. The van der Waals surface area contributed by atoms with Crippen LogP contribution < -0.4 is 11.1 Å². The molecule has 0 aliphatic heterocycles. The van der Waals surface area contributed by atoms with Gasteiger partial charge in [-0.15, -0.1) is 0 Å². The Hall–Kier alpha value is -1.58. The maximum atomic E-state index is 12.0. The smallest absolute Gasteiger partial charge is 0.255 e. The maximum Gasteiger partial charge on any atom is 0.255 e. The van der Waals surface area contributed by atoms with Gasteiger partial charge >= 0.3 is 0 Å². The van der Waals surface area contributed by atoms with Crippen molar-refractivity contribution in [3.63, 3.8) is 0 Å². The van der Waals surface area contributed by atoms with Gasteiger partial charge in [-0.05, 0) is 43.7 Å². The van der Waals surface area contributed by atoms with Crippen LogP contribution >= 0.6 is 0 Å². The van der Waals surface area contributed by atoms with E-state index in [1.807, 2.05) is 0 Å². The lowest BCUT2D eigenvalue weighted by Crippen LogP contribution is -2.37. The summed E-state index contributed by atoms with van der Waals surface area (Å²) in [5, 5.41) is 3.04. The third-order valence-corrected chi connectivity index (χ3v) is 3.43. The summed E-state index contributed by atoms with van der Waals surface area (Å²) in [6.45, 7) is 2.26. The van der Waals surface area contributed by atoms with E-state index in [4.69, 9.17) is 5.73 Å². The van der Waals surface area contributed by atoms with Crippen LogP contribution in [0, 0.1) is 5.92 Å². The minimum Gasteiger partial charge on any atom is -0.383 e. The van der Waals surface area contributed by atoms with Gasteiger partial charge in [-0.3, -0.25) is 4.79 Å². The van der Waals surface area contributed by atoms with E-state index >= 15 is 0 Å². The first-order valence-electron chi connectivity index (χ1n) is 6.18. The molecule has 1 aromatic rings. The lowest BCUT2D eigenvalue weighted by molar-refractivity contribution is 0.0923. The quantitative estimate of drug-likeness (QED) is 0.820. The number of carbonyl (C=O) groups is 1. The molecule has 17 heavy (non-hydrogen) atoms. The summed E-state index contributed by atoms with van der Waals surface area (Å²) in [6.07, 6.45) is 6.09. The first kappa shape index (κ1) is 11.9. The van der Waals surface area contributed by atoms with Crippen LogP contribution in [0.5, 0.6) is 0 Å². The lowest BCUT2D eigenvalue weighted by atomic mass is 9.87. The Labute approximate surface area is 102 Å². The van der Waals surface area contributed by atoms with Crippen LogP contribution in [0.15, 0.2) is 18.3 Å². The molecule has 0 saturated heterocycles. The minimum absolute atomic E-state index is 0.102. The normalized spacial score (nSPS) is 24.3. The molecule has 0 spiro atoms. The zero-order valence-corrected chi connectivity index (χ0v) is 10.1. The molecule has 3 N–H and O–H groups in total. The average Bonchev–Trinajstić information content (AvgIpc) is 2.32. The van der Waals surface area contributed by atoms with Gasteiger partial charge in [0.25, 0.3) is 5.91 Å². The molecular formula is C13H19N3O. The molecule has 1 aromatic heterocycles. The highest BCUT2D eigenvalue weighted by molar-refractivity contribution is 5.98. The molecule has 1 saturated carbocycles. The number of nitrogen functional groups attached to an aromatic ring is 1. The van der Waals surface area contributed by atoms with E-state index in [2.05, 4.69) is 17.2 Å². The van der Waals surface area contributed by atoms with Crippen molar-refractivity contribution in [3.05, 3.63) is 23.9 Å². The van der Waals surface area contributed by atoms with Gasteiger partial charge in [-0.2, -0.15) is 0 Å². The van der Waals surface area contributed by atoms with Crippen molar-refractivity contribution in [2.75, 3.05) is 5.73 Å². The van der Waals surface area contributed by atoms with E-state index in [1.54, 1.807) is 18.3 Å². The molecule has 1 aliphatic rings. The van der Waals surface area contributed by atoms with Crippen LogP contribution in [0.1, 0.15) is 43.0 Å². The number of hydrogen-bond acceptors (Lipinski definition) is 3. The van der Waals surface area contributed by atoms with E-state index < -0.39 is 0 Å². The average molecular weight is 233 g/mol. The molecular weight excluding hydrogens is 214 g/mol. The van der Waals surface area contributed by atoms with Crippen LogP contribution in [0.3, 0.4) is 0 Å². The van der Waals surface area contributed by atoms with E-state index in [-0.39, 0.29) is 5.91 Å². The number of anilines is 1. The summed E-state index contributed by atoms with van der Waals surface area (Å²) in [6, 6.07) is 3.73. The van der Waals surface area contributed by atoms with Crippen molar-refractivity contribution < 1.29 is 4.79 Å². The summed E-state index contributed by atoms with van der Waals surface area (Å²) in [5.74, 6) is 0.982. The largest absolute Gasteiger partial charge is 0.383 e. The highest BCUT2D eigenvalue weighted by atomic mass is 16.1. The fraction of sp³-hybridized carbons (Fsp3) is 0.538. The van der Waals surface area contributed by atoms with Gasteiger partial charge in [0.05, 0.1) is 5.56 Å². The van der Waals surface area contributed by atoms with Gasteiger partial charge in [0.2, 0.25) is 0 Å². The standard InChI is InChI=1S/C13H19N3O/c1-9-4-6-10(7-5-9)16-13(17)11-3-2-8-15-12(11)14/h2-3,8-10H,4-7H2,1H3,(H2,14,15)(H,16,17). The van der Waals surface area contributed by atoms with Gasteiger partial charge in [0.15, 0.2) is 0 Å². The minimum atomic E-state index is -0.102. The van der Waals surface area contributed by atoms with Crippen molar-refractivity contribution in [3.8, 4) is 0 Å². The van der Waals surface area contributed by atoms with Gasteiger partial charge in [0.1, 0.15) is 5.82 Å². The third-order valence-electron chi connectivity index (χ3n) is 3.43. The molecule has 2 rings (SSSR count). The third kappa shape index (κ3) is 2.96. The summed E-state index contributed by atoms with van der Waals surface area (Å²) in [7, 11) is 0. The van der Waals surface area contributed by atoms with E-state index in [0.717, 1.165) is 18.8 Å². The molecule has 92 valence electrons. The Kier molecular flexibility index (Phi) is 3.61. The van der Waals surface area contributed by atoms with Crippen molar-refractivity contribution in [2.24, 2.45) is 5.92 Å². The zero-order chi connectivity index (χ0) is 12.3. The van der Waals surface area contributed by atoms with Crippen molar-refractivity contribution in [1.29, 1.82) is 0 Å². The predicted octanol–water partition coefficient (Wildman–Crippen LogP) is 1.97. The molecule has 1 aliphatic carbocycles. The van der Waals surface area contributed by atoms with Gasteiger partial charge < -0.3 is 11.1 Å². The highest BCUT2D eigenvalue weighted by Gasteiger charge is 2.21. The first-order valence-corrected chi connectivity index (χ1v) is 6.18. The SMILES string of the molecule is CC1CCC(NC(=O)c2cccnc2N)CC1. The number of amides is 1. The van der Waals surface area contributed by atoms with Crippen LogP contribution in [0.25, 0.3) is 0 Å². The lowest BCUT2D eigenvalue weighted by Gasteiger charge is -2.26. The van der Waals surface area contributed by atoms with Crippen LogP contribution in [-0.4, -0.2) is 16.9 Å². The Morgan fingerprint density at radius 3 is 2.76 bits per heavy atom. The topological polar surface area (TPSA) is 68.0 Å². The Morgan fingerprint density at radius 2 is 2.12 bits per heavy atom. The van der Waals surface area contributed by atoms with Crippen LogP contribution in [0.4, 0.5) is 5.82 Å². The van der Waals surface area contributed by atoms with E-state index in [9.17, 15) is 4.79 Å². The molecule has 1 heterocycles. The number of aromatic nitrogens is 1. The van der Waals surface area contributed by atoms with Gasteiger partial charge in [0, 0.05) is 12.2 Å². The summed E-state index contributed by atoms with van der Waals surface area (Å²) >= 11 is 0. The molecule has 1 fully saturated rings. The van der Waals surface area contributed by atoms with Gasteiger partial charge in [-0.1, -0.05) is 6.92 Å². The number of hydrogen-bond donors (Lipinski definition) is 2. The summed E-state index contributed by atoms with van der Waals surface area (Å²) in [4.78, 5) is 15.9. The number of carbonyl (C=O) groups excluding carboxylic acids is 1. The van der Waals surface area contributed by atoms with Crippen molar-refractivity contribution in [2.45, 2.75) is 38.6 Å². The Balaban J connectivity index is 1.96. The second-order valence-electron chi connectivity index (χ2n) is 4.87. The zero-order valence-electron chi connectivity index (χ0n) is 10.1. The van der Waals surface area contributed by atoms with Crippen LogP contribution in [0.2, 0.25) is 0 Å². The molecule has 0 unspecified atom stereocenters. The van der Waals surface area contributed by atoms with Crippen molar-refractivity contribution >= 4 is 11.7 Å². The van der Waals surface area contributed by atoms with E-state index in [1.165, 1.54) is 12.8 Å². The number of nitrogens with zero attached hydrogens (tertiary/aromatic N) is 1. The second kappa shape index (κ2) is 5.17. The van der Waals surface area contributed by atoms with Crippen LogP contribution in [-0.2, 0) is 0 Å². The van der Waals surface area contributed by atoms with Gasteiger partial charge in [-0.25, -0.2) is 4.98 Å². The molecule has 4 nitrogen and oxygen atoms in total. The fourth-order valence-corrected chi connectivity index (χ4v) is 2.28. The molecule has 0 aromatic carbocycles. The predicted molar refractivity (Wildman–Crippen MR) is 67.5 cm³/mol. The number of rotatable bonds is 2. The second-order valence-corrected chi connectivity index (χ2v) is 4.87. The molecule has 0 bridgehead atoms. The number of pyridine rings is 1. The monoisotopic (exact) mass is 233 g/mol. The molecule has 0 atom stereocenters. The summed E-state index contributed by atoms with van der Waals surface area (Å²) in [5.41, 5.74) is 6.15.